The van der Waals surface area contributed by atoms with Crippen LogP contribution in [-0.4, -0.2) is 13.1 Å². The van der Waals surface area contributed by atoms with Gasteiger partial charge in [0.1, 0.15) is 23.9 Å². The largest absolute Gasteiger partial charge is 0.489 e. The molecular weight excluding hydrogens is 352 g/mol. The second kappa shape index (κ2) is 11.4. The molecule has 0 heterocycles. The minimum atomic E-state index is -0.268. The Morgan fingerprint density at radius 2 is 1.36 bits per heavy atom. The van der Waals surface area contributed by atoms with Gasteiger partial charge in [0, 0.05) is 6.07 Å². The van der Waals surface area contributed by atoms with Gasteiger partial charge in [0.2, 0.25) is 0 Å². The molecule has 0 aliphatic carbocycles. The predicted octanol–water partition coefficient (Wildman–Crippen LogP) is 5.80. The maximum absolute atomic E-state index is 11.5. The first kappa shape index (κ1) is 21.0. The average molecular weight is 378 g/mol. The van der Waals surface area contributed by atoms with Crippen molar-refractivity contribution >= 4 is 5.97 Å². The summed E-state index contributed by atoms with van der Waals surface area (Å²) in [5.41, 5.74) is 1.85. The van der Waals surface area contributed by atoms with E-state index in [1.54, 1.807) is 0 Å². The summed E-state index contributed by atoms with van der Waals surface area (Å²) in [6.45, 7) is 4.36. The summed E-state index contributed by atoms with van der Waals surface area (Å²) >= 11 is 0. The first-order valence-corrected chi connectivity index (χ1v) is 9.34. The maximum Gasteiger partial charge on any atom is 0.309 e. The smallest absolute Gasteiger partial charge is 0.309 e. The van der Waals surface area contributed by atoms with Gasteiger partial charge in [-0.05, 0) is 35.4 Å². The van der Waals surface area contributed by atoms with Crippen LogP contribution in [-0.2, 0) is 22.6 Å². The minimum Gasteiger partial charge on any atom is -0.489 e. The Balaban J connectivity index is 0.00000136. The zero-order chi connectivity index (χ0) is 20.2. The van der Waals surface area contributed by atoms with E-state index in [9.17, 15) is 4.79 Å². The van der Waals surface area contributed by atoms with Crippen molar-refractivity contribution in [2.75, 3.05) is 7.11 Å². The van der Waals surface area contributed by atoms with Crippen LogP contribution in [0.5, 0.6) is 17.2 Å². The summed E-state index contributed by atoms with van der Waals surface area (Å²) in [5, 5.41) is 0. The quantitative estimate of drug-likeness (QED) is 0.487. The Morgan fingerprint density at radius 3 is 2.07 bits per heavy atom. The highest BCUT2D eigenvalue weighted by molar-refractivity contribution is 5.72. The molecule has 0 unspecified atom stereocenters. The highest BCUT2D eigenvalue weighted by Crippen LogP contribution is 2.25. The number of ether oxygens (including phenoxy) is 3. The van der Waals surface area contributed by atoms with Gasteiger partial charge in [-0.3, -0.25) is 4.79 Å². The number of esters is 1. The lowest BCUT2D eigenvalue weighted by Crippen LogP contribution is -2.08. The molecular formula is C24H26O4. The lowest BCUT2D eigenvalue weighted by Gasteiger charge is -2.12. The number of hydrogen-bond acceptors (Lipinski definition) is 4. The SMILES string of the molecule is CC.COC(=O)Cc1ccccc1COc1cccc(Oc2ccccc2)c1. The molecule has 146 valence electrons. The zero-order valence-corrected chi connectivity index (χ0v) is 16.6. The predicted molar refractivity (Wildman–Crippen MR) is 111 cm³/mol. The molecule has 3 rings (SSSR count). The zero-order valence-electron chi connectivity index (χ0n) is 16.6. The number of methoxy groups -OCH3 is 1. The molecule has 4 nitrogen and oxygen atoms in total. The van der Waals surface area contributed by atoms with Gasteiger partial charge in [0.25, 0.3) is 0 Å². The fourth-order valence-electron chi connectivity index (χ4n) is 2.51. The van der Waals surface area contributed by atoms with Crippen LogP contribution in [0.1, 0.15) is 25.0 Å². The van der Waals surface area contributed by atoms with Crippen LogP contribution in [0.2, 0.25) is 0 Å². The van der Waals surface area contributed by atoms with Crippen molar-refractivity contribution < 1.29 is 19.0 Å². The third kappa shape index (κ3) is 6.47. The first-order valence-electron chi connectivity index (χ1n) is 9.34. The number of carbonyl (C=O) groups excluding carboxylic acids is 1. The normalized spacial score (nSPS) is 9.68. The fraction of sp³-hybridized carbons (Fsp3) is 0.208. The number of hydrogen-bond donors (Lipinski definition) is 0. The average Bonchev–Trinajstić information content (AvgIpc) is 2.75. The molecule has 0 saturated heterocycles. The summed E-state index contributed by atoms with van der Waals surface area (Å²) in [6, 6.07) is 24.8. The van der Waals surface area contributed by atoms with Crippen LogP contribution in [0.4, 0.5) is 0 Å². The van der Waals surface area contributed by atoms with Crippen LogP contribution in [0.25, 0.3) is 0 Å². The Labute approximate surface area is 166 Å². The summed E-state index contributed by atoms with van der Waals surface area (Å²) in [7, 11) is 1.39. The Hall–Kier alpha value is -3.27. The summed E-state index contributed by atoms with van der Waals surface area (Å²) in [4.78, 5) is 11.5. The van der Waals surface area contributed by atoms with Crippen LogP contribution in [0.15, 0.2) is 78.9 Å². The van der Waals surface area contributed by atoms with Crippen molar-refractivity contribution in [2.45, 2.75) is 26.9 Å². The van der Waals surface area contributed by atoms with Crippen LogP contribution in [0.3, 0.4) is 0 Å². The van der Waals surface area contributed by atoms with Crippen molar-refractivity contribution in [1.82, 2.24) is 0 Å². The van der Waals surface area contributed by atoms with E-state index in [-0.39, 0.29) is 12.4 Å². The Morgan fingerprint density at radius 1 is 0.750 bits per heavy atom. The molecule has 0 aliphatic rings. The van der Waals surface area contributed by atoms with Crippen LogP contribution >= 0.6 is 0 Å². The molecule has 28 heavy (non-hydrogen) atoms. The van der Waals surface area contributed by atoms with E-state index >= 15 is 0 Å². The van der Waals surface area contributed by atoms with E-state index in [4.69, 9.17) is 14.2 Å². The Bertz CT molecular complexity index is 859. The molecule has 0 N–H and O–H groups in total. The van der Waals surface area contributed by atoms with Gasteiger partial charge in [0.05, 0.1) is 13.5 Å². The molecule has 3 aromatic carbocycles. The number of para-hydroxylation sites is 1. The number of carbonyl (C=O) groups is 1. The van der Waals surface area contributed by atoms with Crippen molar-refractivity contribution in [3.05, 3.63) is 90.0 Å². The Kier molecular flexibility index (Phi) is 8.60. The lowest BCUT2D eigenvalue weighted by molar-refractivity contribution is -0.139. The van der Waals surface area contributed by atoms with Gasteiger partial charge >= 0.3 is 5.97 Å². The van der Waals surface area contributed by atoms with Crippen molar-refractivity contribution in [2.24, 2.45) is 0 Å². The van der Waals surface area contributed by atoms with Crippen molar-refractivity contribution in [3.8, 4) is 17.2 Å². The van der Waals surface area contributed by atoms with Crippen molar-refractivity contribution in [3.63, 3.8) is 0 Å². The molecule has 0 aromatic heterocycles. The second-order valence-electron chi connectivity index (χ2n) is 5.70. The van der Waals surface area contributed by atoms with Crippen LogP contribution < -0.4 is 9.47 Å². The van der Waals surface area contributed by atoms with Crippen molar-refractivity contribution in [1.29, 1.82) is 0 Å². The van der Waals surface area contributed by atoms with E-state index < -0.39 is 0 Å². The van der Waals surface area contributed by atoms with E-state index in [1.165, 1.54) is 7.11 Å². The summed E-state index contributed by atoms with van der Waals surface area (Å²) in [6.07, 6.45) is 0.229. The van der Waals surface area contributed by atoms with E-state index in [0.717, 1.165) is 16.9 Å². The lowest BCUT2D eigenvalue weighted by atomic mass is 10.1. The molecule has 0 saturated carbocycles. The van der Waals surface area contributed by atoms with E-state index in [1.807, 2.05) is 92.7 Å². The maximum atomic E-state index is 11.5. The first-order chi connectivity index (χ1) is 13.7. The molecule has 0 radical (unpaired) electrons. The monoisotopic (exact) mass is 378 g/mol. The molecule has 3 aromatic rings. The topological polar surface area (TPSA) is 44.8 Å². The highest BCUT2D eigenvalue weighted by atomic mass is 16.5. The molecule has 4 heteroatoms. The second-order valence-corrected chi connectivity index (χ2v) is 5.70. The minimum absolute atomic E-state index is 0.229. The molecule has 0 bridgehead atoms. The summed E-state index contributed by atoms with van der Waals surface area (Å²) < 4.78 is 16.5. The van der Waals surface area contributed by atoms with Gasteiger partial charge in [-0.2, -0.15) is 0 Å². The van der Waals surface area contributed by atoms with Gasteiger partial charge in [0.15, 0.2) is 0 Å². The van der Waals surface area contributed by atoms with Gasteiger partial charge < -0.3 is 14.2 Å². The standard InChI is InChI=1S/C22H20O4.C2H6/c1-24-22(23)14-17-8-5-6-9-18(17)16-25-20-12-7-13-21(15-20)26-19-10-3-2-4-11-19;1-2/h2-13,15H,14,16H2,1H3;1-2H3. The van der Waals surface area contributed by atoms with Crippen LogP contribution in [0, 0.1) is 0 Å². The number of benzene rings is 3. The van der Waals surface area contributed by atoms with Gasteiger partial charge in [-0.15, -0.1) is 0 Å². The fourth-order valence-corrected chi connectivity index (χ4v) is 2.51. The molecule has 0 fully saturated rings. The summed E-state index contributed by atoms with van der Waals surface area (Å²) in [5.74, 6) is 1.91. The van der Waals surface area contributed by atoms with Gasteiger partial charge in [-0.1, -0.05) is 62.4 Å². The highest BCUT2D eigenvalue weighted by Gasteiger charge is 2.08. The molecule has 0 amide bonds. The molecule has 0 spiro atoms. The number of rotatable bonds is 7. The molecule has 0 atom stereocenters. The van der Waals surface area contributed by atoms with Gasteiger partial charge in [-0.25, -0.2) is 0 Å². The van der Waals surface area contributed by atoms with E-state index in [0.29, 0.717) is 18.1 Å². The third-order valence-electron chi connectivity index (χ3n) is 3.86. The van der Waals surface area contributed by atoms with E-state index in [2.05, 4.69) is 0 Å². The molecule has 0 aliphatic heterocycles. The third-order valence-corrected chi connectivity index (χ3v) is 3.86.